The first-order chi connectivity index (χ1) is 6.75. The average Bonchev–Trinajstić information content (AvgIpc) is 2.21. The van der Waals surface area contributed by atoms with Gasteiger partial charge in [0.2, 0.25) is 5.91 Å². The molecule has 0 saturated heterocycles. The summed E-state index contributed by atoms with van der Waals surface area (Å²) in [6.07, 6.45) is 5.92. The van der Waals surface area contributed by atoms with E-state index in [1.165, 1.54) is 11.1 Å². The number of rotatable bonds is 0. The summed E-state index contributed by atoms with van der Waals surface area (Å²) >= 11 is 0. The lowest BCUT2D eigenvalue weighted by Gasteiger charge is -2.23. The Hall–Kier alpha value is -1.05. The number of amides is 1. The number of carbonyl (C=O) groups excluding carboxylic acids is 1. The Morgan fingerprint density at radius 2 is 1.86 bits per heavy atom. The van der Waals surface area contributed by atoms with E-state index in [1.54, 1.807) is 0 Å². The fraction of sp³-hybridized carbons (Fsp3) is 0.583. The van der Waals surface area contributed by atoms with Gasteiger partial charge in [-0.2, -0.15) is 0 Å². The third kappa shape index (κ3) is 2.47. The molecule has 1 aliphatic heterocycles. The van der Waals surface area contributed by atoms with Crippen LogP contribution in [0, 0.1) is 0 Å². The Balaban J connectivity index is 0.000000461. The molecule has 1 aliphatic carbocycles. The Bertz CT molecular complexity index is 287. The van der Waals surface area contributed by atoms with Crippen molar-refractivity contribution in [1.29, 1.82) is 0 Å². The predicted molar refractivity (Wildman–Crippen MR) is 58.7 cm³/mol. The van der Waals surface area contributed by atoms with Crippen molar-refractivity contribution in [1.82, 2.24) is 5.32 Å². The highest BCUT2D eigenvalue weighted by molar-refractivity contribution is 5.80. The Morgan fingerprint density at radius 3 is 2.57 bits per heavy atom. The lowest BCUT2D eigenvalue weighted by atomic mass is 9.92. The molecule has 0 bridgehead atoms. The highest BCUT2D eigenvalue weighted by Crippen LogP contribution is 2.27. The second-order valence-electron chi connectivity index (χ2n) is 3.54. The molecule has 1 amide bonds. The molecule has 0 atom stereocenters. The smallest absolute Gasteiger partial charge is 0.224 e. The summed E-state index contributed by atoms with van der Waals surface area (Å²) in [5, 5.41) is 2.93. The van der Waals surface area contributed by atoms with Crippen LogP contribution in [-0.2, 0) is 4.79 Å². The second kappa shape index (κ2) is 4.99. The van der Waals surface area contributed by atoms with E-state index in [0.717, 1.165) is 25.0 Å². The lowest BCUT2D eigenvalue weighted by Crippen LogP contribution is -2.28. The quantitative estimate of drug-likeness (QED) is 0.629. The van der Waals surface area contributed by atoms with Gasteiger partial charge >= 0.3 is 0 Å². The van der Waals surface area contributed by atoms with E-state index in [-0.39, 0.29) is 5.91 Å². The molecule has 1 heterocycles. The van der Waals surface area contributed by atoms with Crippen molar-refractivity contribution in [3.63, 3.8) is 0 Å². The van der Waals surface area contributed by atoms with Gasteiger partial charge in [-0.25, -0.2) is 0 Å². The summed E-state index contributed by atoms with van der Waals surface area (Å²) < 4.78 is 0. The lowest BCUT2D eigenvalue weighted by molar-refractivity contribution is -0.120. The van der Waals surface area contributed by atoms with Crippen molar-refractivity contribution < 1.29 is 4.79 Å². The van der Waals surface area contributed by atoms with Crippen LogP contribution in [0.2, 0.25) is 0 Å². The molecular formula is C12H19NO. The van der Waals surface area contributed by atoms with Crippen LogP contribution in [-0.4, -0.2) is 5.91 Å². The minimum atomic E-state index is 0.182. The topological polar surface area (TPSA) is 29.1 Å². The summed E-state index contributed by atoms with van der Waals surface area (Å²) in [5.41, 5.74) is 3.94. The average molecular weight is 193 g/mol. The monoisotopic (exact) mass is 193 g/mol. The van der Waals surface area contributed by atoms with Gasteiger partial charge in [-0.3, -0.25) is 4.79 Å². The molecule has 78 valence electrons. The van der Waals surface area contributed by atoms with E-state index < -0.39 is 0 Å². The Kier molecular flexibility index (Phi) is 3.93. The van der Waals surface area contributed by atoms with E-state index in [2.05, 4.69) is 18.3 Å². The van der Waals surface area contributed by atoms with Crippen LogP contribution >= 0.6 is 0 Å². The van der Waals surface area contributed by atoms with Crippen LogP contribution in [0.1, 0.15) is 46.5 Å². The van der Waals surface area contributed by atoms with Gasteiger partial charge in [-0.05, 0) is 31.8 Å². The molecule has 14 heavy (non-hydrogen) atoms. The van der Waals surface area contributed by atoms with Crippen LogP contribution in [0.3, 0.4) is 0 Å². The van der Waals surface area contributed by atoms with E-state index in [4.69, 9.17) is 0 Å². The maximum atomic E-state index is 11.0. The molecule has 2 heteroatoms. The van der Waals surface area contributed by atoms with Gasteiger partial charge in [0.15, 0.2) is 0 Å². The molecule has 0 unspecified atom stereocenters. The standard InChI is InChI=1S/C10H13NO.C2H6/c1-7-2-4-9-8(6-7)3-5-10(12)11-9;1-2/h6H,2-5H2,1H3,(H,11,12);1-2H3. The fourth-order valence-electron chi connectivity index (χ4n) is 1.78. The molecule has 1 N–H and O–H groups in total. The second-order valence-corrected chi connectivity index (χ2v) is 3.54. The number of hydrogen-bond donors (Lipinski definition) is 1. The van der Waals surface area contributed by atoms with Crippen molar-refractivity contribution in [3.8, 4) is 0 Å². The molecule has 2 aliphatic rings. The van der Waals surface area contributed by atoms with Crippen molar-refractivity contribution >= 4 is 5.91 Å². The predicted octanol–water partition coefficient (Wildman–Crippen LogP) is 2.92. The van der Waals surface area contributed by atoms with Gasteiger partial charge in [0.1, 0.15) is 0 Å². The molecule has 0 spiro atoms. The molecule has 2 nitrogen and oxygen atoms in total. The van der Waals surface area contributed by atoms with Gasteiger partial charge in [0, 0.05) is 12.1 Å². The fourth-order valence-corrected chi connectivity index (χ4v) is 1.78. The maximum Gasteiger partial charge on any atom is 0.224 e. The number of allylic oxidation sites excluding steroid dienone is 4. The SMILES string of the molecule is CC.CC1=CC2=C(CC1)NC(=O)CC2. The first kappa shape index (κ1) is 11.0. The molecular weight excluding hydrogens is 174 g/mol. The summed E-state index contributed by atoms with van der Waals surface area (Å²) in [5.74, 6) is 0.182. The summed E-state index contributed by atoms with van der Waals surface area (Å²) in [6.45, 7) is 6.15. The normalized spacial score (nSPS) is 20.2. The zero-order valence-electron chi connectivity index (χ0n) is 9.31. The molecule has 0 aromatic heterocycles. The molecule has 0 saturated carbocycles. The highest BCUT2D eigenvalue weighted by Gasteiger charge is 2.18. The van der Waals surface area contributed by atoms with Crippen molar-refractivity contribution in [3.05, 3.63) is 22.9 Å². The molecule has 2 rings (SSSR count). The van der Waals surface area contributed by atoms with E-state index in [9.17, 15) is 4.79 Å². The minimum Gasteiger partial charge on any atom is -0.329 e. The van der Waals surface area contributed by atoms with Crippen molar-refractivity contribution in [2.75, 3.05) is 0 Å². The summed E-state index contributed by atoms with van der Waals surface area (Å²) in [4.78, 5) is 11.0. The van der Waals surface area contributed by atoms with Crippen LogP contribution in [0.15, 0.2) is 22.9 Å². The maximum absolute atomic E-state index is 11.0. The number of hydrogen-bond acceptors (Lipinski definition) is 1. The molecule has 0 aromatic carbocycles. The largest absolute Gasteiger partial charge is 0.329 e. The van der Waals surface area contributed by atoms with Gasteiger partial charge in [0.05, 0.1) is 0 Å². The van der Waals surface area contributed by atoms with E-state index in [1.807, 2.05) is 13.8 Å². The van der Waals surface area contributed by atoms with Gasteiger partial charge in [0.25, 0.3) is 0 Å². The van der Waals surface area contributed by atoms with E-state index >= 15 is 0 Å². The first-order valence-electron chi connectivity index (χ1n) is 5.45. The van der Waals surface area contributed by atoms with Crippen LogP contribution < -0.4 is 5.32 Å². The number of nitrogens with one attached hydrogen (secondary N) is 1. The zero-order valence-corrected chi connectivity index (χ0v) is 9.31. The zero-order chi connectivity index (χ0) is 10.6. The van der Waals surface area contributed by atoms with Gasteiger partial charge in [-0.15, -0.1) is 0 Å². The van der Waals surface area contributed by atoms with Crippen molar-refractivity contribution in [2.24, 2.45) is 0 Å². The number of carbonyl (C=O) groups is 1. The molecule has 0 radical (unpaired) electrons. The third-order valence-corrected chi connectivity index (χ3v) is 2.49. The van der Waals surface area contributed by atoms with Crippen LogP contribution in [0.5, 0.6) is 0 Å². The minimum absolute atomic E-state index is 0.182. The molecule has 0 aromatic rings. The van der Waals surface area contributed by atoms with Crippen LogP contribution in [0.25, 0.3) is 0 Å². The first-order valence-corrected chi connectivity index (χ1v) is 5.45. The van der Waals surface area contributed by atoms with Gasteiger partial charge in [-0.1, -0.05) is 25.5 Å². The third-order valence-electron chi connectivity index (χ3n) is 2.49. The summed E-state index contributed by atoms with van der Waals surface area (Å²) in [7, 11) is 0. The van der Waals surface area contributed by atoms with Gasteiger partial charge < -0.3 is 5.32 Å². The molecule has 0 fully saturated rings. The Morgan fingerprint density at radius 1 is 1.14 bits per heavy atom. The van der Waals surface area contributed by atoms with Crippen LogP contribution in [0.4, 0.5) is 0 Å². The van der Waals surface area contributed by atoms with Crippen molar-refractivity contribution in [2.45, 2.75) is 46.5 Å². The highest BCUT2D eigenvalue weighted by atomic mass is 16.1. The summed E-state index contributed by atoms with van der Waals surface area (Å²) in [6, 6.07) is 0. The van der Waals surface area contributed by atoms with E-state index in [0.29, 0.717) is 6.42 Å². The Labute approximate surface area is 86.1 Å².